The van der Waals surface area contributed by atoms with Gasteiger partial charge in [0.15, 0.2) is 0 Å². The summed E-state index contributed by atoms with van der Waals surface area (Å²) in [7, 11) is 1.78. The largest absolute Gasteiger partial charge is 0.508 e. The van der Waals surface area contributed by atoms with Crippen molar-refractivity contribution >= 4 is 17.7 Å². The van der Waals surface area contributed by atoms with Crippen molar-refractivity contribution in [3.05, 3.63) is 59.9 Å². The molecule has 38 heavy (non-hydrogen) atoms. The van der Waals surface area contributed by atoms with Gasteiger partial charge in [0.05, 0.1) is 13.1 Å². The van der Waals surface area contributed by atoms with Crippen LogP contribution < -0.4 is 0 Å². The van der Waals surface area contributed by atoms with E-state index in [1.807, 2.05) is 12.1 Å². The minimum atomic E-state index is -0.741. The Morgan fingerprint density at radius 3 is 2.42 bits per heavy atom. The fraction of sp³-hybridized carbons (Fsp3) is 0.517. The standard InChI is InChI=1S/C29H37N5O4/c1-31-20-28(37)33-25(17-22-7-10-24(35)11-8-22)29(38)32(18-23-13-15-30-16-14-23)19-26(33)34(31)27(36)12-9-21-5-3-2-4-6-21/h7-8,10-11,13-16,21,25-26,35H,2-6,9,12,17-20H2,1H3/t25-,26?/m0/s1. The Bertz CT molecular complexity index is 1140. The third-order valence-corrected chi connectivity index (χ3v) is 8.17. The van der Waals surface area contributed by atoms with Crippen molar-refractivity contribution in [3.8, 4) is 5.75 Å². The van der Waals surface area contributed by atoms with Crippen LogP contribution in [-0.2, 0) is 27.3 Å². The number of fused-ring (bicyclic) bond motifs is 1. The highest BCUT2D eigenvalue weighted by Crippen LogP contribution is 2.31. The van der Waals surface area contributed by atoms with Gasteiger partial charge in [0.2, 0.25) is 17.7 Å². The molecule has 3 amide bonds. The summed E-state index contributed by atoms with van der Waals surface area (Å²) in [5.74, 6) is 0.431. The number of benzene rings is 1. The summed E-state index contributed by atoms with van der Waals surface area (Å²) >= 11 is 0. The number of phenolic OH excluding ortho intramolecular Hbond substituents is 1. The number of likely N-dealkylation sites (N-methyl/N-ethyl adjacent to an activating group) is 1. The summed E-state index contributed by atoms with van der Waals surface area (Å²) in [6.45, 7) is 0.674. The minimum absolute atomic E-state index is 0.00201. The maximum absolute atomic E-state index is 13.8. The highest BCUT2D eigenvalue weighted by atomic mass is 16.3. The van der Waals surface area contributed by atoms with Crippen molar-refractivity contribution in [1.82, 2.24) is 24.8 Å². The molecule has 5 rings (SSSR count). The lowest BCUT2D eigenvalue weighted by Gasteiger charge is -2.54. The highest BCUT2D eigenvalue weighted by Gasteiger charge is 2.50. The number of pyridine rings is 1. The molecule has 2 aromatic rings. The van der Waals surface area contributed by atoms with Crippen LogP contribution in [0.4, 0.5) is 0 Å². The van der Waals surface area contributed by atoms with Crippen LogP contribution in [0, 0.1) is 5.92 Å². The first-order valence-electron chi connectivity index (χ1n) is 13.7. The lowest BCUT2D eigenvalue weighted by Crippen LogP contribution is -2.75. The number of carbonyl (C=O) groups is 3. The molecule has 3 fully saturated rings. The first kappa shape index (κ1) is 26.2. The molecule has 3 heterocycles. The molecular formula is C29H37N5O4. The second-order valence-electron chi connectivity index (χ2n) is 10.8. The number of nitrogens with zero attached hydrogens (tertiary/aromatic N) is 5. The second kappa shape index (κ2) is 11.5. The van der Waals surface area contributed by atoms with E-state index in [0.717, 1.165) is 17.5 Å². The molecule has 0 radical (unpaired) electrons. The molecule has 202 valence electrons. The van der Waals surface area contributed by atoms with Gasteiger partial charge in [0, 0.05) is 38.8 Å². The third kappa shape index (κ3) is 5.67. The molecular weight excluding hydrogens is 482 g/mol. The minimum Gasteiger partial charge on any atom is -0.508 e. The number of hydrogen-bond donors (Lipinski definition) is 1. The lowest BCUT2D eigenvalue weighted by atomic mass is 9.86. The molecule has 1 aromatic carbocycles. The van der Waals surface area contributed by atoms with Crippen LogP contribution in [0.15, 0.2) is 48.8 Å². The van der Waals surface area contributed by atoms with Crippen LogP contribution >= 0.6 is 0 Å². The molecule has 1 N–H and O–H groups in total. The molecule has 2 saturated heterocycles. The summed E-state index contributed by atoms with van der Waals surface area (Å²) in [6.07, 6.45) is 10.5. The fourth-order valence-electron chi connectivity index (χ4n) is 6.20. The van der Waals surface area contributed by atoms with Crippen LogP contribution in [0.5, 0.6) is 5.75 Å². The molecule has 9 nitrogen and oxygen atoms in total. The van der Waals surface area contributed by atoms with Gasteiger partial charge in [-0.1, -0.05) is 44.2 Å². The van der Waals surface area contributed by atoms with Crippen molar-refractivity contribution in [1.29, 1.82) is 0 Å². The lowest BCUT2D eigenvalue weighted by molar-refractivity contribution is -0.203. The zero-order valence-corrected chi connectivity index (χ0v) is 22.0. The summed E-state index contributed by atoms with van der Waals surface area (Å²) in [5, 5.41) is 13.2. The highest BCUT2D eigenvalue weighted by molar-refractivity contribution is 5.91. The SMILES string of the molecule is CN1CC(=O)N2C(CN(Cc3ccncc3)C(=O)[C@@H]2Cc2ccc(O)cc2)N1C(=O)CCC1CCCCC1. The monoisotopic (exact) mass is 519 g/mol. The molecule has 1 aromatic heterocycles. The Balaban J connectivity index is 1.42. The summed E-state index contributed by atoms with van der Waals surface area (Å²) in [4.78, 5) is 48.4. The quantitative estimate of drug-likeness (QED) is 0.604. The molecule has 2 aliphatic heterocycles. The van der Waals surface area contributed by atoms with Gasteiger partial charge in [-0.05, 0) is 47.7 Å². The number of hydrogen-bond acceptors (Lipinski definition) is 6. The van der Waals surface area contributed by atoms with Crippen molar-refractivity contribution < 1.29 is 19.5 Å². The van der Waals surface area contributed by atoms with E-state index in [1.54, 1.807) is 63.5 Å². The van der Waals surface area contributed by atoms with E-state index >= 15 is 0 Å². The number of amides is 3. The van der Waals surface area contributed by atoms with Gasteiger partial charge in [-0.2, -0.15) is 0 Å². The average molecular weight is 520 g/mol. The van der Waals surface area contributed by atoms with Crippen LogP contribution in [0.25, 0.3) is 0 Å². The molecule has 1 saturated carbocycles. The zero-order valence-electron chi connectivity index (χ0n) is 22.0. The molecule has 3 aliphatic rings. The van der Waals surface area contributed by atoms with Crippen LogP contribution in [0.1, 0.15) is 56.1 Å². The van der Waals surface area contributed by atoms with E-state index in [0.29, 0.717) is 25.3 Å². The number of phenols is 1. The van der Waals surface area contributed by atoms with Gasteiger partial charge in [0.25, 0.3) is 0 Å². The van der Waals surface area contributed by atoms with E-state index in [9.17, 15) is 19.5 Å². The van der Waals surface area contributed by atoms with E-state index < -0.39 is 12.2 Å². The Hall–Kier alpha value is -3.46. The van der Waals surface area contributed by atoms with Crippen LogP contribution in [0.3, 0.4) is 0 Å². The maximum atomic E-state index is 13.8. The normalized spacial score (nSPS) is 23.0. The van der Waals surface area contributed by atoms with E-state index in [-0.39, 0.29) is 36.6 Å². The van der Waals surface area contributed by atoms with Gasteiger partial charge in [-0.15, -0.1) is 0 Å². The molecule has 0 spiro atoms. The number of piperazine rings is 1. The topological polar surface area (TPSA) is 97.3 Å². The van der Waals surface area contributed by atoms with Crippen molar-refractivity contribution in [2.45, 2.75) is 70.1 Å². The summed E-state index contributed by atoms with van der Waals surface area (Å²) in [6, 6.07) is 9.72. The van der Waals surface area contributed by atoms with E-state index in [1.165, 1.54) is 32.1 Å². The number of carbonyl (C=O) groups excluding carboxylic acids is 3. The van der Waals surface area contributed by atoms with E-state index in [4.69, 9.17) is 0 Å². The van der Waals surface area contributed by atoms with Gasteiger partial charge < -0.3 is 14.9 Å². The number of aromatic hydroxyl groups is 1. The smallest absolute Gasteiger partial charge is 0.246 e. The predicted octanol–water partition coefficient (Wildman–Crippen LogP) is 2.94. The molecule has 9 heteroatoms. The van der Waals surface area contributed by atoms with Crippen molar-refractivity contribution in [2.24, 2.45) is 5.92 Å². The zero-order chi connectivity index (χ0) is 26.6. The maximum Gasteiger partial charge on any atom is 0.246 e. The summed E-state index contributed by atoms with van der Waals surface area (Å²) in [5.41, 5.74) is 1.78. The van der Waals surface area contributed by atoms with E-state index in [2.05, 4.69) is 4.98 Å². The molecule has 2 atom stereocenters. The average Bonchev–Trinajstić information content (AvgIpc) is 2.92. The second-order valence-corrected chi connectivity index (χ2v) is 10.8. The number of rotatable bonds is 7. The number of hydrazine groups is 1. The Morgan fingerprint density at radius 2 is 1.71 bits per heavy atom. The Kier molecular flexibility index (Phi) is 7.93. The predicted molar refractivity (Wildman–Crippen MR) is 141 cm³/mol. The van der Waals surface area contributed by atoms with Gasteiger partial charge in [-0.25, -0.2) is 5.01 Å². The van der Waals surface area contributed by atoms with Crippen molar-refractivity contribution in [2.75, 3.05) is 20.1 Å². The molecule has 1 unspecified atom stereocenters. The van der Waals surface area contributed by atoms with Crippen molar-refractivity contribution in [3.63, 3.8) is 0 Å². The first-order valence-corrected chi connectivity index (χ1v) is 13.7. The third-order valence-electron chi connectivity index (χ3n) is 8.17. The molecule has 0 bridgehead atoms. The Labute approximate surface area is 224 Å². The van der Waals surface area contributed by atoms with Gasteiger partial charge >= 0.3 is 0 Å². The van der Waals surface area contributed by atoms with Gasteiger partial charge in [0.1, 0.15) is 18.0 Å². The van der Waals surface area contributed by atoms with Gasteiger partial charge in [-0.3, -0.25) is 24.4 Å². The van der Waals surface area contributed by atoms with Crippen LogP contribution in [-0.4, -0.2) is 80.0 Å². The summed E-state index contributed by atoms with van der Waals surface area (Å²) < 4.78 is 0. The number of aromatic nitrogens is 1. The first-order chi connectivity index (χ1) is 18.4. The Morgan fingerprint density at radius 1 is 1.00 bits per heavy atom. The molecule has 1 aliphatic carbocycles. The van der Waals surface area contributed by atoms with Crippen LogP contribution in [0.2, 0.25) is 0 Å². The fourth-order valence-corrected chi connectivity index (χ4v) is 6.20.